The number of likely N-dealkylation sites (tertiary alicyclic amines) is 1. The van der Waals surface area contributed by atoms with E-state index in [0.29, 0.717) is 40.7 Å². The Morgan fingerprint density at radius 1 is 1.32 bits per heavy atom. The third-order valence-corrected chi connectivity index (χ3v) is 6.02. The Morgan fingerprint density at radius 3 is 2.76 bits per heavy atom. The minimum atomic E-state index is -0.309. The summed E-state index contributed by atoms with van der Waals surface area (Å²) in [6.07, 6.45) is 5.38. The fraction of sp³-hybridized carbons (Fsp3) is 0.550. The summed E-state index contributed by atoms with van der Waals surface area (Å²) in [5, 5.41) is 11.7. The third kappa shape index (κ3) is 3.30. The number of rotatable bonds is 4. The molecule has 2 atom stereocenters. The predicted molar refractivity (Wildman–Crippen MR) is 101 cm³/mol. The third-order valence-electron chi connectivity index (χ3n) is 5.73. The highest BCUT2D eigenvalue weighted by atomic mass is 35.5. The molecule has 0 spiro atoms. The summed E-state index contributed by atoms with van der Waals surface area (Å²) < 4.78 is 5.65. The number of aryl methyl sites for hydroxylation is 1. The molecule has 1 aliphatic heterocycles. The fourth-order valence-electron chi connectivity index (χ4n) is 4.22. The molecule has 1 aromatic carbocycles. The van der Waals surface area contributed by atoms with Gasteiger partial charge in [0.2, 0.25) is 0 Å². The molecule has 4 nitrogen and oxygen atoms in total. The van der Waals surface area contributed by atoms with Gasteiger partial charge >= 0.3 is 5.63 Å². The molecule has 1 saturated heterocycles. The first-order valence-electron chi connectivity index (χ1n) is 9.29. The van der Waals surface area contributed by atoms with E-state index in [4.69, 9.17) is 16.0 Å². The van der Waals surface area contributed by atoms with Crippen LogP contribution in [-0.2, 0) is 13.0 Å². The molecule has 0 aliphatic carbocycles. The van der Waals surface area contributed by atoms with Gasteiger partial charge in [0.1, 0.15) is 12.3 Å². The standard InChI is InChI=1S/C20H26ClNO3/c1-4-13-8-6-7-9-22(13)11-16-18(23)17(21)10-15-12(3)14(5-2)20(24)25-19(15)16/h10,13,23H,4-9,11H2,1-3H3/p+1/t13-/m1/s1. The van der Waals surface area contributed by atoms with Crippen molar-refractivity contribution in [1.29, 1.82) is 0 Å². The highest BCUT2D eigenvalue weighted by Crippen LogP contribution is 2.35. The van der Waals surface area contributed by atoms with E-state index in [0.717, 1.165) is 23.9 Å². The maximum Gasteiger partial charge on any atom is 0.339 e. The van der Waals surface area contributed by atoms with E-state index in [2.05, 4.69) is 6.92 Å². The zero-order chi connectivity index (χ0) is 18.1. The molecule has 2 N–H and O–H groups in total. The van der Waals surface area contributed by atoms with Crippen LogP contribution in [0.2, 0.25) is 5.02 Å². The maximum atomic E-state index is 12.4. The Hall–Kier alpha value is -1.52. The van der Waals surface area contributed by atoms with Crippen LogP contribution in [0.5, 0.6) is 5.75 Å². The maximum absolute atomic E-state index is 12.4. The van der Waals surface area contributed by atoms with Gasteiger partial charge in [0.15, 0.2) is 5.58 Å². The van der Waals surface area contributed by atoms with Crippen LogP contribution in [0.3, 0.4) is 0 Å². The van der Waals surface area contributed by atoms with Gasteiger partial charge in [0, 0.05) is 10.9 Å². The van der Waals surface area contributed by atoms with E-state index < -0.39 is 0 Å². The van der Waals surface area contributed by atoms with Crippen molar-refractivity contribution in [2.75, 3.05) is 6.54 Å². The molecular formula is C20H27ClNO3+. The molecule has 2 heterocycles. The van der Waals surface area contributed by atoms with E-state index in [1.54, 1.807) is 6.07 Å². The zero-order valence-corrected chi connectivity index (χ0v) is 16.0. The van der Waals surface area contributed by atoms with Gasteiger partial charge in [0.05, 0.1) is 23.2 Å². The molecule has 25 heavy (non-hydrogen) atoms. The van der Waals surface area contributed by atoms with Crippen LogP contribution in [0.1, 0.15) is 56.2 Å². The molecule has 0 saturated carbocycles. The number of quaternary nitrogens is 1. The van der Waals surface area contributed by atoms with Crippen LogP contribution in [0.15, 0.2) is 15.3 Å². The van der Waals surface area contributed by atoms with Gasteiger partial charge in [-0.3, -0.25) is 0 Å². The largest absolute Gasteiger partial charge is 0.506 e. The number of piperidine rings is 1. The summed E-state index contributed by atoms with van der Waals surface area (Å²) in [4.78, 5) is 13.8. The summed E-state index contributed by atoms with van der Waals surface area (Å²) >= 11 is 6.31. The number of benzene rings is 1. The molecule has 1 fully saturated rings. The van der Waals surface area contributed by atoms with Crippen molar-refractivity contribution in [3.8, 4) is 5.75 Å². The summed E-state index contributed by atoms with van der Waals surface area (Å²) in [6.45, 7) is 7.79. The summed E-state index contributed by atoms with van der Waals surface area (Å²) in [7, 11) is 0. The normalized spacial score (nSPS) is 21.0. The molecule has 2 aromatic rings. The van der Waals surface area contributed by atoms with Gasteiger partial charge in [-0.15, -0.1) is 0 Å². The lowest BCUT2D eigenvalue weighted by Crippen LogP contribution is -3.15. The summed E-state index contributed by atoms with van der Waals surface area (Å²) in [5.41, 5.74) is 2.43. The molecule has 0 amide bonds. The Bertz CT molecular complexity index is 843. The van der Waals surface area contributed by atoms with Crippen LogP contribution in [0.4, 0.5) is 0 Å². The van der Waals surface area contributed by atoms with Crippen molar-refractivity contribution >= 4 is 22.6 Å². The average molecular weight is 365 g/mol. The minimum absolute atomic E-state index is 0.0499. The van der Waals surface area contributed by atoms with Gasteiger partial charge in [-0.1, -0.05) is 25.4 Å². The first kappa shape index (κ1) is 18.3. The zero-order valence-electron chi connectivity index (χ0n) is 15.2. The molecule has 3 rings (SSSR count). The van der Waals surface area contributed by atoms with Crippen LogP contribution in [0, 0.1) is 6.92 Å². The topological polar surface area (TPSA) is 54.9 Å². The first-order valence-corrected chi connectivity index (χ1v) is 9.66. The van der Waals surface area contributed by atoms with Crippen molar-refractivity contribution in [1.82, 2.24) is 0 Å². The van der Waals surface area contributed by atoms with Gasteiger partial charge in [-0.2, -0.15) is 0 Å². The van der Waals surface area contributed by atoms with Crippen LogP contribution >= 0.6 is 11.6 Å². The molecule has 1 unspecified atom stereocenters. The van der Waals surface area contributed by atoms with Crippen LogP contribution in [0.25, 0.3) is 11.0 Å². The molecule has 0 radical (unpaired) electrons. The van der Waals surface area contributed by atoms with Crippen molar-refractivity contribution < 1.29 is 14.4 Å². The number of aromatic hydroxyl groups is 1. The Morgan fingerprint density at radius 2 is 2.08 bits per heavy atom. The quantitative estimate of drug-likeness (QED) is 0.818. The second kappa shape index (κ2) is 7.38. The van der Waals surface area contributed by atoms with Crippen molar-refractivity contribution in [2.45, 2.75) is 65.5 Å². The van der Waals surface area contributed by atoms with Crippen LogP contribution < -0.4 is 10.5 Å². The highest BCUT2D eigenvalue weighted by molar-refractivity contribution is 6.33. The van der Waals surface area contributed by atoms with E-state index in [1.165, 1.54) is 24.2 Å². The van der Waals surface area contributed by atoms with Gasteiger partial charge in [-0.25, -0.2) is 4.79 Å². The molecule has 1 aromatic heterocycles. The smallest absolute Gasteiger partial charge is 0.339 e. The summed E-state index contributed by atoms with van der Waals surface area (Å²) in [5.74, 6) is 0.0499. The van der Waals surface area contributed by atoms with E-state index in [1.807, 2.05) is 13.8 Å². The number of halogens is 1. The Kier molecular flexibility index (Phi) is 5.40. The van der Waals surface area contributed by atoms with E-state index in [9.17, 15) is 9.90 Å². The molecular weight excluding hydrogens is 338 g/mol. The van der Waals surface area contributed by atoms with E-state index >= 15 is 0 Å². The first-order chi connectivity index (χ1) is 12.0. The minimum Gasteiger partial charge on any atom is -0.506 e. The second-order valence-electron chi connectivity index (χ2n) is 7.09. The van der Waals surface area contributed by atoms with E-state index in [-0.39, 0.29) is 11.4 Å². The number of fused-ring (bicyclic) bond motifs is 1. The van der Waals surface area contributed by atoms with Crippen molar-refractivity contribution in [3.63, 3.8) is 0 Å². The summed E-state index contributed by atoms with van der Waals surface area (Å²) in [6, 6.07) is 2.29. The number of phenolic OH excluding ortho intramolecular Hbond substituents is 1. The van der Waals surface area contributed by atoms with Crippen LogP contribution in [-0.4, -0.2) is 17.7 Å². The fourth-order valence-corrected chi connectivity index (χ4v) is 4.44. The average Bonchev–Trinajstić information content (AvgIpc) is 2.61. The Labute approximate surface area is 153 Å². The SMILES string of the molecule is CCc1c(C)c2cc(Cl)c(O)c(C[NH+]3CCCC[C@H]3CC)c2oc1=O. The lowest BCUT2D eigenvalue weighted by Gasteiger charge is -2.32. The molecule has 5 heteroatoms. The number of hydrogen-bond donors (Lipinski definition) is 2. The van der Waals surface area contributed by atoms with Crippen molar-refractivity contribution in [3.05, 3.63) is 38.2 Å². The molecule has 136 valence electrons. The lowest BCUT2D eigenvalue weighted by atomic mass is 9.97. The van der Waals surface area contributed by atoms with Crippen molar-refractivity contribution in [2.24, 2.45) is 0 Å². The Balaban J connectivity index is 2.16. The molecule has 1 aliphatic rings. The second-order valence-corrected chi connectivity index (χ2v) is 7.50. The monoisotopic (exact) mass is 364 g/mol. The number of nitrogens with one attached hydrogen (secondary N) is 1. The number of hydrogen-bond acceptors (Lipinski definition) is 3. The van der Waals surface area contributed by atoms with Gasteiger partial charge in [-0.05, 0) is 50.7 Å². The number of phenols is 1. The molecule has 0 bridgehead atoms. The predicted octanol–water partition coefficient (Wildman–Crippen LogP) is 3.37. The highest BCUT2D eigenvalue weighted by Gasteiger charge is 2.28. The van der Waals surface area contributed by atoms with Gasteiger partial charge < -0.3 is 14.4 Å². The lowest BCUT2D eigenvalue weighted by molar-refractivity contribution is -0.944. The van der Waals surface area contributed by atoms with Gasteiger partial charge in [0.25, 0.3) is 0 Å².